The summed E-state index contributed by atoms with van der Waals surface area (Å²) in [6.45, 7) is 2.49. The highest BCUT2D eigenvalue weighted by Crippen LogP contribution is 2.14. The van der Waals surface area contributed by atoms with Crippen molar-refractivity contribution in [1.29, 1.82) is 0 Å². The predicted octanol–water partition coefficient (Wildman–Crippen LogP) is 7.34. The van der Waals surface area contributed by atoms with Gasteiger partial charge in [-0.2, -0.15) is 0 Å². The molecule has 0 bridgehead atoms. The van der Waals surface area contributed by atoms with Crippen molar-refractivity contribution in [3.63, 3.8) is 0 Å². The van der Waals surface area contributed by atoms with Gasteiger partial charge in [0.1, 0.15) is 6.67 Å². The maximum atomic E-state index is 13.1. The van der Waals surface area contributed by atoms with Crippen molar-refractivity contribution in [2.24, 2.45) is 0 Å². The van der Waals surface area contributed by atoms with Gasteiger partial charge in [0.25, 0.3) is 0 Å². The SMILES string of the molecule is CCCCCCCCCCCCCCCO[Si](OCCF)(c1ccccc1)c1ccccc1. The predicted molar refractivity (Wildman–Crippen MR) is 141 cm³/mol. The van der Waals surface area contributed by atoms with E-state index in [0.717, 1.165) is 16.8 Å². The summed E-state index contributed by atoms with van der Waals surface area (Å²) in [7, 11) is -2.91. The Hall–Kier alpha value is -1.49. The monoisotopic (exact) mass is 472 g/mol. The summed E-state index contributed by atoms with van der Waals surface area (Å²) in [5, 5.41) is 2.08. The Bertz CT molecular complexity index is 656. The summed E-state index contributed by atoms with van der Waals surface area (Å²) in [5.74, 6) is 0. The lowest BCUT2D eigenvalue weighted by molar-refractivity contribution is 0.175. The van der Waals surface area contributed by atoms with Crippen molar-refractivity contribution in [2.45, 2.75) is 90.4 Å². The first kappa shape index (κ1) is 27.7. The molecule has 2 nitrogen and oxygen atoms in total. The van der Waals surface area contributed by atoms with Crippen LogP contribution in [-0.4, -0.2) is 28.4 Å². The van der Waals surface area contributed by atoms with E-state index in [-0.39, 0.29) is 6.61 Å². The minimum Gasteiger partial charge on any atom is -0.388 e. The fourth-order valence-electron chi connectivity index (χ4n) is 4.37. The number of unbranched alkanes of at least 4 members (excludes halogenated alkanes) is 12. The van der Waals surface area contributed by atoms with E-state index in [1.54, 1.807) is 0 Å². The van der Waals surface area contributed by atoms with E-state index in [4.69, 9.17) is 8.85 Å². The molecule has 0 spiro atoms. The van der Waals surface area contributed by atoms with Gasteiger partial charge >= 0.3 is 8.56 Å². The fraction of sp³-hybridized carbons (Fsp3) is 0.586. The second kappa shape index (κ2) is 17.9. The normalized spacial score (nSPS) is 11.7. The molecule has 0 aliphatic carbocycles. The number of rotatable bonds is 20. The molecule has 2 aromatic rings. The summed E-state index contributed by atoms with van der Waals surface area (Å²) >= 11 is 0. The molecule has 184 valence electrons. The van der Waals surface area contributed by atoms with Crippen LogP contribution in [0.15, 0.2) is 60.7 Å². The number of halogens is 1. The van der Waals surface area contributed by atoms with Crippen LogP contribution in [0.2, 0.25) is 0 Å². The van der Waals surface area contributed by atoms with Gasteiger partial charge in [0.2, 0.25) is 0 Å². The van der Waals surface area contributed by atoms with Crippen LogP contribution in [0.25, 0.3) is 0 Å². The van der Waals surface area contributed by atoms with Crippen molar-refractivity contribution >= 4 is 18.9 Å². The molecule has 0 radical (unpaired) electrons. The Morgan fingerprint density at radius 3 is 1.36 bits per heavy atom. The lowest BCUT2D eigenvalue weighted by atomic mass is 10.0. The van der Waals surface area contributed by atoms with Gasteiger partial charge in [-0.15, -0.1) is 0 Å². The molecule has 0 aliphatic heterocycles. The van der Waals surface area contributed by atoms with E-state index in [9.17, 15) is 4.39 Å². The minimum atomic E-state index is -2.91. The second-order valence-electron chi connectivity index (χ2n) is 8.98. The highest BCUT2D eigenvalue weighted by atomic mass is 28.4. The highest BCUT2D eigenvalue weighted by Gasteiger charge is 2.42. The van der Waals surface area contributed by atoms with Crippen LogP contribution in [0, 0.1) is 0 Å². The minimum absolute atomic E-state index is 0.0641. The van der Waals surface area contributed by atoms with Crippen molar-refractivity contribution in [2.75, 3.05) is 19.9 Å². The Balaban J connectivity index is 1.73. The molecule has 0 N–H and O–H groups in total. The largest absolute Gasteiger partial charge is 0.407 e. The van der Waals surface area contributed by atoms with Gasteiger partial charge in [-0.3, -0.25) is 0 Å². The second-order valence-corrected chi connectivity index (χ2v) is 11.9. The van der Waals surface area contributed by atoms with Crippen LogP contribution in [-0.2, 0) is 8.85 Å². The van der Waals surface area contributed by atoms with E-state index in [2.05, 4.69) is 31.2 Å². The molecule has 0 fully saturated rings. The van der Waals surface area contributed by atoms with Crippen molar-refractivity contribution in [3.8, 4) is 0 Å². The summed E-state index contributed by atoms with van der Waals surface area (Å²) in [4.78, 5) is 0. The average molecular weight is 473 g/mol. The third-order valence-electron chi connectivity index (χ3n) is 6.24. The van der Waals surface area contributed by atoms with E-state index in [1.165, 1.54) is 77.0 Å². The third kappa shape index (κ3) is 10.5. The molecule has 0 unspecified atom stereocenters. The third-order valence-corrected chi connectivity index (χ3v) is 9.65. The van der Waals surface area contributed by atoms with Crippen LogP contribution in [0.5, 0.6) is 0 Å². The van der Waals surface area contributed by atoms with Gasteiger partial charge in [-0.25, -0.2) is 4.39 Å². The van der Waals surface area contributed by atoms with Crippen molar-refractivity contribution < 1.29 is 13.2 Å². The number of hydrogen-bond donors (Lipinski definition) is 0. The van der Waals surface area contributed by atoms with Crippen LogP contribution < -0.4 is 10.4 Å². The van der Waals surface area contributed by atoms with Gasteiger partial charge in [-0.05, 0) is 16.8 Å². The molecule has 0 aromatic heterocycles. The van der Waals surface area contributed by atoms with Gasteiger partial charge < -0.3 is 8.85 Å². The molecule has 0 saturated carbocycles. The number of benzene rings is 2. The first-order valence-electron chi connectivity index (χ1n) is 13.3. The molecule has 0 aliphatic rings. The number of alkyl halides is 1. The van der Waals surface area contributed by atoms with Gasteiger partial charge in [0.05, 0.1) is 6.61 Å². The van der Waals surface area contributed by atoms with E-state index < -0.39 is 15.2 Å². The molecule has 0 atom stereocenters. The fourth-order valence-corrected chi connectivity index (χ4v) is 7.52. The smallest absolute Gasteiger partial charge is 0.388 e. The molecule has 2 rings (SSSR count). The first-order valence-corrected chi connectivity index (χ1v) is 15.1. The van der Waals surface area contributed by atoms with Crippen LogP contribution in [0.4, 0.5) is 4.39 Å². The lowest BCUT2D eigenvalue weighted by Crippen LogP contribution is -2.63. The standard InChI is InChI=1S/C29H45FO2Si/c1-2-3-4-5-6-7-8-9-10-11-12-13-20-26-31-33(32-27-25-30,28-21-16-14-17-22-28)29-23-18-15-19-24-29/h14-19,21-24H,2-13,20,25-27H2,1H3. The van der Waals surface area contributed by atoms with E-state index in [0.29, 0.717) is 6.61 Å². The maximum Gasteiger partial charge on any atom is 0.407 e. The Labute approximate surface area is 203 Å². The molecule has 33 heavy (non-hydrogen) atoms. The van der Waals surface area contributed by atoms with Crippen molar-refractivity contribution in [1.82, 2.24) is 0 Å². The molecule has 4 heteroatoms. The van der Waals surface area contributed by atoms with E-state index in [1.807, 2.05) is 36.4 Å². The van der Waals surface area contributed by atoms with Gasteiger partial charge in [0.15, 0.2) is 0 Å². The molecule has 2 aromatic carbocycles. The summed E-state index contributed by atoms with van der Waals surface area (Å²) in [5.41, 5.74) is 0. The first-order chi connectivity index (χ1) is 16.3. The Morgan fingerprint density at radius 1 is 0.545 bits per heavy atom. The molecule has 0 saturated heterocycles. The topological polar surface area (TPSA) is 18.5 Å². The average Bonchev–Trinajstić information content (AvgIpc) is 2.87. The molecule has 0 amide bonds. The van der Waals surface area contributed by atoms with Crippen LogP contribution in [0.3, 0.4) is 0 Å². The van der Waals surface area contributed by atoms with E-state index >= 15 is 0 Å². The Morgan fingerprint density at radius 2 is 0.939 bits per heavy atom. The highest BCUT2D eigenvalue weighted by molar-refractivity contribution is 6.92. The Kier molecular flexibility index (Phi) is 15.1. The van der Waals surface area contributed by atoms with Crippen molar-refractivity contribution in [3.05, 3.63) is 60.7 Å². The molecular weight excluding hydrogens is 427 g/mol. The van der Waals surface area contributed by atoms with Gasteiger partial charge in [-0.1, -0.05) is 145 Å². The zero-order valence-electron chi connectivity index (χ0n) is 20.8. The zero-order chi connectivity index (χ0) is 23.5. The zero-order valence-corrected chi connectivity index (χ0v) is 21.8. The summed E-state index contributed by atoms with van der Waals surface area (Å²) in [6, 6.07) is 20.2. The summed E-state index contributed by atoms with van der Waals surface area (Å²) < 4.78 is 25.9. The summed E-state index contributed by atoms with van der Waals surface area (Å²) in [6.07, 6.45) is 17.3. The molecular formula is C29H45FO2Si. The van der Waals surface area contributed by atoms with Crippen LogP contribution in [0.1, 0.15) is 90.4 Å². The van der Waals surface area contributed by atoms with Gasteiger partial charge in [0, 0.05) is 6.61 Å². The lowest BCUT2D eigenvalue weighted by Gasteiger charge is -2.31. The maximum absolute atomic E-state index is 13.1. The quantitative estimate of drug-likeness (QED) is 0.148. The molecule has 0 heterocycles. The van der Waals surface area contributed by atoms with Crippen LogP contribution >= 0.6 is 0 Å². The number of hydrogen-bond acceptors (Lipinski definition) is 2.